The molecule has 0 aliphatic carbocycles. The van der Waals surface area contributed by atoms with Gasteiger partial charge in [0.05, 0.1) is 0 Å². The Kier molecular flexibility index (Phi) is 3.27. The number of hydrogen-bond acceptors (Lipinski definition) is 2. The predicted molar refractivity (Wildman–Crippen MR) is 72.9 cm³/mol. The molecule has 88 valence electrons. The van der Waals surface area contributed by atoms with E-state index >= 15 is 0 Å². The lowest BCUT2D eigenvalue weighted by atomic mass is 9.95. The topological polar surface area (TPSA) is 24.1 Å². The highest BCUT2D eigenvalue weighted by Crippen LogP contribution is 2.33. The van der Waals surface area contributed by atoms with Gasteiger partial charge in [0.25, 0.3) is 0 Å². The molecular formula is C13H19BrN2. The highest BCUT2D eigenvalue weighted by Gasteiger charge is 2.23. The summed E-state index contributed by atoms with van der Waals surface area (Å²) in [7, 11) is 0. The minimum atomic E-state index is 0.159. The summed E-state index contributed by atoms with van der Waals surface area (Å²) in [5.41, 5.74) is 2.79. The van der Waals surface area contributed by atoms with Crippen molar-refractivity contribution < 1.29 is 0 Å². The SMILES string of the molecule is CC(C)(C)NC1CCNc2cc(Br)ccc21. The molecule has 0 aromatic heterocycles. The Balaban J connectivity index is 2.26. The van der Waals surface area contributed by atoms with Gasteiger partial charge in [0, 0.05) is 28.3 Å². The molecule has 0 spiro atoms. The van der Waals surface area contributed by atoms with Crippen LogP contribution in [0.15, 0.2) is 22.7 Å². The summed E-state index contributed by atoms with van der Waals surface area (Å²) >= 11 is 3.51. The first-order valence-electron chi connectivity index (χ1n) is 5.77. The average Bonchev–Trinajstić information content (AvgIpc) is 2.15. The molecule has 1 atom stereocenters. The van der Waals surface area contributed by atoms with E-state index in [1.165, 1.54) is 11.3 Å². The van der Waals surface area contributed by atoms with Crippen LogP contribution in [-0.4, -0.2) is 12.1 Å². The quantitative estimate of drug-likeness (QED) is 0.821. The maximum absolute atomic E-state index is 3.68. The first-order valence-corrected chi connectivity index (χ1v) is 6.56. The van der Waals surface area contributed by atoms with E-state index in [4.69, 9.17) is 0 Å². The summed E-state index contributed by atoms with van der Waals surface area (Å²) in [5.74, 6) is 0. The monoisotopic (exact) mass is 282 g/mol. The standard InChI is InChI=1S/C13H19BrN2/c1-13(2,3)16-11-6-7-15-12-8-9(14)4-5-10(11)12/h4-5,8,11,15-16H,6-7H2,1-3H3. The van der Waals surface area contributed by atoms with Crippen molar-refractivity contribution in [2.45, 2.75) is 38.8 Å². The lowest BCUT2D eigenvalue weighted by molar-refractivity contribution is 0.351. The third-order valence-corrected chi connectivity index (χ3v) is 3.24. The van der Waals surface area contributed by atoms with Gasteiger partial charge < -0.3 is 10.6 Å². The molecule has 1 aliphatic rings. The molecule has 0 bridgehead atoms. The number of nitrogens with one attached hydrogen (secondary N) is 2. The fourth-order valence-electron chi connectivity index (χ4n) is 2.16. The van der Waals surface area contributed by atoms with Crippen molar-refractivity contribution in [1.82, 2.24) is 5.32 Å². The maximum atomic E-state index is 3.68. The van der Waals surface area contributed by atoms with E-state index in [1.54, 1.807) is 0 Å². The summed E-state index contributed by atoms with van der Waals surface area (Å²) < 4.78 is 1.13. The van der Waals surface area contributed by atoms with Crippen LogP contribution in [-0.2, 0) is 0 Å². The number of hydrogen-bond donors (Lipinski definition) is 2. The van der Waals surface area contributed by atoms with E-state index < -0.39 is 0 Å². The summed E-state index contributed by atoms with van der Waals surface area (Å²) in [6.45, 7) is 7.69. The Morgan fingerprint density at radius 1 is 1.38 bits per heavy atom. The van der Waals surface area contributed by atoms with Gasteiger partial charge in [-0.2, -0.15) is 0 Å². The molecule has 1 unspecified atom stereocenters. The minimum Gasteiger partial charge on any atom is -0.385 e. The third kappa shape index (κ3) is 2.77. The molecule has 2 nitrogen and oxygen atoms in total. The van der Waals surface area contributed by atoms with Crippen LogP contribution in [0.3, 0.4) is 0 Å². The number of fused-ring (bicyclic) bond motifs is 1. The van der Waals surface area contributed by atoms with Crippen LogP contribution in [0.4, 0.5) is 5.69 Å². The smallest absolute Gasteiger partial charge is 0.0400 e. The fourth-order valence-corrected chi connectivity index (χ4v) is 2.53. The summed E-state index contributed by atoms with van der Waals surface area (Å²) in [4.78, 5) is 0. The molecule has 0 fully saturated rings. The molecule has 1 aliphatic heterocycles. The highest BCUT2D eigenvalue weighted by molar-refractivity contribution is 9.10. The van der Waals surface area contributed by atoms with E-state index in [1.807, 2.05) is 0 Å². The molecule has 16 heavy (non-hydrogen) atoms. The maximum Gasteiger partial charge on any atom is 0.0400 e. The molecule has 3 heteroatoms. The van der Waals surface area contributed by atoms with Crippen LogP contribution >= 0.6 is 15.9 Å². The van der Waals surface area contributed by atoms with E-state index in [9.17, 15) is 0 Å². The lowest BCUT2D eigenvalue weighted by Gasteiger charge is -2.33. The van der Waals surface area contributed by atoms with Crippen LogP contribution in [0.25, 0.3) is 0 Å². The second kappa shape index (κ2) is 4.38. The van der Waals surface area contributed by atoms with Gasteiger partial charge in [0.1, 0.15) is 0 Å². The van der Waals surface area contributed by atoms with Crippen molar-refractivity contribution in [1.29, 1.82) is 0 Å². The third-order valence-electron chi connectivity index (χ3n) is 2.75. The molecule has 0 saturated heterocycles. The van der Waals surface area contributed by atoms with Crippen molar-refractivity contribution in [2.75, 3.05) is 11.9 Å². The second-order valence-corrected chi connectivity index (χ2v) is 6.31. The fraction of sp³-hybridized carbons (Fsp3) is 0.538. The predicted octanol–water partition coefficient (Wildman–Crippen LogP) is 3.69. The van der Waals surface area contributed by atoms with Gasteiger partial charge in [-0.15, -0.1) is 0 Å². The van der Waals surface area contributed by atoms with Crippen LogP contribution in [0.5, 0.6) is 0 Å². The largest absolute Gasteiger partial charge is 0.385 e. The molecule has 0 amide bonds. The summed E-state index contributed by atoms with van der Waals surface area (Å²) in [6, 6.07) is 6.94. The van der Waals surface area contributed by atoms with Gasteiger partial charge >= 0.3 is 0 Å². The zero-order valence-electron chi connectivity index (χ0n) is 10.1. The molecule has 2 rings (SSSR count). The van der Waals surface area contributed by atoms with E-state index in [-0.39, 0.29) is 5.54 Å². The summed E-state index contributed by atoms with van der Waals surface area (Å²) in [6.07, 6.45) is 1.14. The average molecular weight is 283 g/mol. The Hall–Kier alpha value is -0.540. The molecule has 1 aromatic rings. The second-order valence-electron chi connectivity index (χ2n) is 5.39. The van der Waals surface area contributed by atoms with Gasteiger partial charge in [0.2, 0.25) is 0 Å². The normalized spacial score (nSPS) is 20.1. The zero-order chi connectivity index (χ0) is 11.8. The Bertz CT molecular complexity index is 382. The molecule has 0 saturated carbocycles. The van der Waals surface area contributed by atoms with Crippen molar-refractivity contribution in [3.8, 4) is 0 Å². The first kappa shape index (κ1) is 11.9. The van der Waals surface area contributed by atoms with Crippen LogP contribution in [0.1, 0.15) is 38.8 Å². The number of rotatable bonds is 1. The van der Waals surface area contributed by atoms with Gasteiger partial charge in [-0.3, -0.25) is 0 Å². The number of anilines is 1. The molecular weight excluding hydrogens is 264 g/mol. The Labute approximate surface area is 106 Å². The van der Waals surface area contributed by atoms with Crippen LogP contribution in [0.2, 0.25) is 0 Å². The number of benzene rings is 1. The molecule has 1 heterocycles. The van der Waals surface area contributed by atoms with Crippen LogP contribution < -0.4 is 10.6 Å². The van der Waals surface area contributed by atoms with Crippen molar-refractivity contribution in [2.24, 2.45) is 0 Å². The molecule has 1 aromatic carbocycles. The van der Waals surface area contributed by atoms with Gasteiger partial charge in [-0.25, -0.2) is 0 Å². The van der Waals surface area contributed by atoms with E-state index in [0.717, 1.165) is 17.4 Å². The zero-order valence-corrected chi connectivity index (χ0v) is 11.7. The van der Waals surface area contributed by atoms with Crippen molar-refractivity contribution >= 4 is 21.6 Å². The molecule has 2 N–H and O–H groups in total. The van der Waals surface area contributed by atoms with Gasteiger partial charge in [-0.1, -0.05) is 22.0 Å². The first-order chi connectivity index (χ1) is 7.46. The van der Waals surface area contributed by atoms with Gasteiger partial charge in [0.15, 0.2) is 0 Å². The highest BCUT2D eigenvalue weighted by atomic mass is 79.9. The minimum absolute atomic E-state index is 0.159. The number of halogens is 1. The summed E-state index contributed by atoms with van der Waals surface area (Å²) in [5, 5.41) is 7.13. The van der Waals surface area contributed by atoms with Gasteiger partial charge in [-0.05, 0) is 44.9 Å². The van der Waals surface area contributed by atoms with E-state index in [2.05, 4.69) is 65.5 Å². The van der Waals surface area contributed by atoms with Crippen molar-refractivity contribution in [3.05, 3.63) is 28.2 Å². The van der Waals surface area contributed by atoms with E-state index in [0.29, 0.717) is 6.04 Å². The molecule has 0 radical (unpaired) electrons. The Morgan fingerprint density at radius 3 is 2.81 bits per heavy atom. The lowest BCUT2D eigenvalue weighted by Crippen LogP contribution is -2.41. The Morgan fingerprint density at radius 2 is 2.12 bits per heavy atom. The van der Waals surface area contributed by atoms with Crippen LogP contribution in [0, 0.1) is 0 Å². The van der Waals surface area contributed by atoms with Crippen molar-refractivity contribution in [3.63, 3.8) is 0 Å².